The first-order valence-electron chi connectivity index (χ1n) is 8.26. The predicted octanol–water partition coefficient (Wildman–Crippen LogP) is 1.66. The van der Waals surface area contributed by atoms with Gasteiger partial charge in [0.25, 0.3) is 5.91 Å². The number of hydrogen-bond acceptors (Lipinski definition) is 5. The van der Waals surface area contributed by atoms with E-state index in [0.717, 1.165) is 32.4 Å². The summed E-state index contributed by atoms with van der Waals surface area (Å²) in [5.74, 6) is 0.594. The molecule has 7 heteroatoms. The van der Waals surface area contributed by atoms with Gasteiger partial charge < -0.3 is 14.8 Å². The molecule has 1 aromatic carbocycles. The minimum Gasteiger partial charge on any atom is -0.491 e. The van der Waals surface area contributed by atoms with Gasteiger partial charge in [-0.05, 0) is 37.5 Å². The molecule has 1 N–H and O–H groups in total. The first-order chi connectivity index (χ1) is 11.8. The fourth-order valence-electron chi connectivity index (χ4n) is 2.59. The largest absolute Gasteiger partial charge is 0.491 e. The van der Waals surface area contributed by atoms with E-state index in [1.54, 1.807) is 23.1 Å². The highest BCUT2D eigenvalue weighted by atomic mass is 16.5. The molecule has 1 fully saturated rings. The number of carbonyl (C=O) groups is 1. The van der Waals surface area contributed by atoms with Gasteiger partial charge in [0.05, 0.1) is 6.10 Å². The Morgan fingerprint density at radius 3 is 3.21 bits per heavy atom. The summed E-state index contributed by atoms with van der Waals surface area (Å²) < 4.78 is 13.0. The van der Waals surface area contributed by atoms with Gasteiger partial charge in [0, 0.05) is 25.3 Å². The molecule has 0 bridgehead atoms. The Hall–Kier alpha value is -2.41. The minimum absolute atomic E-state index is 0.101. The molecule has 3 rings (SSSR count). The average Bonchev–Trinajstić information content (AvgIpc) is 3.30. The lowest BCUT2D eigenvalue weighted by Gasteiger charge is -2.12. The van der Waals surface area contributed by atoms with Crippen molar-refractivity contribution in [3.63, 3.8) is 0 Å². The van der Waals surface area contributed by atoms with E-state index in [9.17, 15) is 4.79 Å². The number of ether oxygens (including phenoxy) is 2. The molecule has 1 aliphatic heterocycles. The summed E-state index contributed by atoms with van der Waals surface area (Å²) >= 11 is 0. The molecular formula is C17H22N4O3. The lowest BCUT2D eigenvalue weighted by molar-refractivity contribution is 0.0679. The summed E-state index contributed by atoms with van der Waals surface area (Å²) in [6.45, 7) is 2.65. The molecule has 7 nitrogen and oxygen atoms in total. The van der Waals surface area contributed by atoms with Gasteiger partial charge in [-0.15, -0.1) is 0 Å². The lowest BCUT2D eigenvalue weighted by Crippen LogP contribution is -2.25. The first-order valence-corrected chi connectivity index (χ1v) is 8.26. The van der Waals surface area contributed by atoms with Crippen LogP contribution in [0.4, 0.5) is 0 Å². The second-order valence-corrected chi connectivity index (χ2v) is 5.74. The van der Waals surface area contributed by atoms with Crippen molar-refractivity contribution in [3.05, 3.63) is 42.5 Å². The zero-order chi connectivity index (χ0) is 16.6. The van der Waals surface area contributed by atoms with Crippen molar-refractivity contribution in [1.82, 2.24) is 20.1 Å². The van der Waals surface area contributed by atoms with E-state index in [0.29, 0.717) is 24.5 Å². The molecule has 0 spiro atoms. The number of benzene rings is 1. The Kier molecular flexibility index (Phi) is 5.79. The van der Waals surface area contributed by atoms with Crippen LogP contribution in [0.15, 0.2) is 36.9 Å². The summed E-state index contributed by atoms with van der Waals surface area (Å²) in [6, 6.07) is 7.24. The normalized spacial score (nSPS) is 16.9. The number of aromatic nitrogens is 3. The number of nitrogens with zero attached hydrogens (tertiary/aromatic N) is 3. The van der Waals surface area contributed by atoms with Crippen molar-refractivity contribution in [2.45, 2.75) is 31.9 Å². The summed E-state index contributed by atoms with van der Waals surface area (Å²) in [5, 5.41) is 6.93. The van der Waals surface area contributed by atoms with Crippen LogP contribution in [0.3, 0.4) is 0 Å². The summed E-state index contributed by atoms with van der Waals surface area (Å²) in [4.78, 5) is 16.1. The minimum atomic E-state index is -0.101. The topological polar surface area (TPSA) is 78.3 Å². The van der Waals surface area contributed by atoms with Crippen LogP contribution in [0.25, 0.3) is 0 Å². The van der Waals surface area contributed by atoms with E-state index in [4.69, 9.17) is 9.47 Å². The smallest absolute Gasteiger partial charge is 0.251 e. The maximum atomic E-state index is 12.2. The molecule has 24 heavy (non-hydrogen) atoms. The highest BCUT2D eigenvalue weighted by molar-refractivity contribution is 5.94. The van der Waals surface area contributed by atoms with Gasteiger partial charge in [0.2, 0.25) is 0 Å². The van der Waals surface area contributed by atoms with Crippen molar-refractivity contribution >= 4 is 5.91 Å². The Labute approximate surface area is 141 Å². The van der Waals surface area contributed by atoms with Gasteiger partial charge in [-0.25, -0.2) is 4.98 Å². The van der Waals surface area contributed by atoms with Gasteiger partial charge in [-0.2, -0.15) is 5.10 Å². The number of aryl methyl sites for hydroxylation is 1. The molecule has 128 valence electrons. The van der Waals surface area contributed by atoms with Crippen LogP contribution in [-0.4, -0.2) is 46.5 Å². The summed E-state index contributed by atoms with van der Waals surface area (Å²) in [6.07, 6.45) is 6.25. The SMILES string of the molecule is O=C(NCCCn1cncn1)c1cccc(OC[C@@H]2CCCO2)c1. The third-order valence-corrected chi connectivity index (χ3v) is 3.87. The molecule has 0 aliphatic carbocycles. The van der Waals surface area contributed by atoms with Crippen LogP contribution in [0.2, 0.25) is 0 Å². The number of nitrogens with one attached hydrogen (secondary N) is 1. The van der Waals surface area contributed by atoms with E-state index in [2.05, 4.69) is 15.4 Å². The van der Waals surface area contributed by atoms with E-state index in [1.807, 2.05) is 12.1 Å². The molecule has 1 atom stereocenters. The molecule has 0 radical (unpaired) electrons. The van der Waals surface area contributed by atoms with Crippen LogP contribution >= 0.6 is 0 Å². The van der Waals surface area contributed by atoms with Crippen LogP contribution in [-0.2, 0) is 11.3 Å². The fraction of sp³-hybridized carbons (Fsp3) is 0.471. The standard InChI is InChI=1S/C17H22N4O3/c22-17(19-7-3-8-21-13-18-12-20-21)14-4-1-5-15(10-14)24-11-16-6-2-9-23-16/h1,4-5,10,12-13,16H,2-3,6-9,11H2,(H,19,22)/t16-/m0/s1. The van der Waals surface area contributed by atoms with Gasteiger partial charge in [0.1, 0.15) is 25.0 Å². The van der Waals surface area contributed by atoms with Crippen molar-refractivity contribution in [1.29, 1.82) is 0 Å². The zero-order valence-corrected chi connectivity index (χ0v) is 13.6. The zero-order valence-electron chi connectivity index (χ0n) is 13.6. The molecule has 0 saturated carbocycles. The first kappa shape index (κ1) is 16.4. The second kappa shape index (κ2) is 8.44. The van der Waals surface area contributed by atoms with Gasteiger partial charge in [-0.1, -0.05) is 6.07 Å². The molecule has 0 unspecified atom stereocenters. The Morgan fingerprint density at radius 1 is 1.46 bits per heavy atom. The summed E-state index contributed by atoms with van der Waals surface area (Å²) in [5.41, 5.74) is 0.598. The van der Waals surface area contributed by atoms with Crippen LogP contribution in [0.5, 0.6) is 5.75 Å². The average molecular weight is 330 g/mol. The third kappa shape index (κ3) is 4.79. The maximum Gasteiger partial charge on any atom is 0.251 e. The molecule has 2 aromatic rings. The van der Waals surface area contributed by atoms with E-state index < -0.39 is 0 Å². The van der Waals surface area contributed by atoms with Crippen LogP contribution < -0.4 is 10.1 Å². The number of carbonyl (C=O) groups excluding carboxylic acids is 1. The van der Waals surface area contributed by atoms with Crippen LogP contribution in [0, 0.1) is 0 Å². The monoisotopic (exact) mass is 330 g/mol. The van der Waals surface area contributed by atoms with Crippen molar-refractivity contribution in [2.24, 2.45) is 0 Å². The molecule has 1 aromatic heterocycles. The van der Waals surface area contributed by atoms with Crippen molar-refractivity contribution in [2.75, 3.05) is 19.8 Å². The van der Waals surface area contributed by atoms with Gasteiger partial charge in [-0.3, -0.25) is 9.48 Å². The van der Waals surface area contributed by atoms with Crippen molar-refractivity contribution < 1.29 is 14.3 Å². The van der Waals surface area contributed by atoms with E-state index in [-0.39, 0.29) is 12.0 Å². The Balaban J connectivity index is 1.42. The highest BCUT2D eigenvalue weighted by Gasteiger charge is 2.16. The molecule has 1 aliphatic rings. The number of amides is 1. The molecule has 1 amide bonds. The van der Waals surface area contributed by atoms with Crippen LogP contribution in [0.1, 0.15) is 29.6 Å². The number of rotatable bonds is 8. The Morgan fingerprint density at radius 2 is 2.42 bits per heavy atom. The highest BCUT2D eigenvalue weighted by Crippen LogP contribution is 2.17. The Bertz CT molecular complexity index is 639. The maximum absolute atomic E-state index is 12.2. The summed E-state index contributed by atoms with van der Waals surface area (Å²) in [7, 11) is 0. The second-order valence-electron chi connectivity index (χ2n) is 5.74. The third-order valence-electron chi connectivity index (χ3n) is 3.87. The molecule has 2 heterocycles. The molecule has 1 saturated heterocycles. The number of hydrogen-bond donors (Lipinski definition) is 1. The van der Waals surface area contributed by atoms with Gasteiger partial charge >= 0.3 is 0 Å². The molecular weight excluding hydrogens is 308 g/mol. The lowest BCUT2D eigenvalue weighted by atomic mass is 10.2. The van der Waals surface area contributed by atoms with E-state index in [1.165, 1.54) is 6.33 Å². The quantitative estimate of drug-likeness (QED) is 0.745. The predicted molar refractivity (Wildman–Crippen MR) is 87.9 cm³/mol. The van der Waals surface area contributed by atoms with E-state index >= 15 is 0 Å². The fourth-order valence-corrected chi connectivity index (χ4v) is 2.59. The van der Waals surface area contributed by atoms with Gasteiger partial charge in [0.15, 0.2) is 0 Å². The van der Waals surface area contributed by atoms with Crippen molar-refractivity contribution in [3.8, 4) is 5.75 Å².